The summed E-state index contributed by atoms with van der Waals surface area (Å²) in [7, 11) is 0. The predicted molar refractivity (Wildman–Crippen MR) is 71.2 cm³/mol. The van der Waals surface area contributed by atoms with E-state index in [4.69, 9.17) is 5.26 Å². The van der Waals surface area contributed by atoms with Crippen LogP contribution in [0, 0.1) is 28.4 Å². The second kappa shape index (κ2) is 6.14. The number of hydrogen-bond acceptors (Lipinski definition) is 2. The van der Waals surface area contributed by atoms with Gasteiger partial charge in [0.25, 0.3) is 0 Å². The van der Waals surface area contributed by atoms with Crippen molar-refractivity contribution in [3.8, 4) is 6.07 Å². The van der Waals surface area contributed by atoms with E-state index in [-0.39, 0.29) is 11.1 Å². The quantitative estimate of drug-likeness (QED) is 0.870. The molecule has 0 spiro atoms. The van der Waals surface area contributed by atoms with Crippen LogP contribution in [0.2, 0.25) is 0 Å². The highest BCUT2D eigenvalue weighted by molar-refractivity contribution is 9.10. The second-order valence-electron chi connectivity index (χ2n) is 4.92. The van der Waals surface area contributed by atoms with E-state index in [1.807, 2.05) is 13.8 Å². The highest BCUT2D eigenvalue weighted by Crippen LogP contribution is 2.29. The lowest BCUT2D eigenvalue weighted by atomic mass is 9.88. The molecule has 0 aromatic heterocycles. The summed E-state index contributed by atoms with van der Waals surface area (Å²) in [6.07, 6.45) is 1.18. The first-order valence-electron chi connectivity index (χ1n) is 5.61. The van der Waals surface area contributed by atoms with Crippen LogP contribution in [0.4, 0.5) is 14.5 Å². The Kier molecular flexibility index (Phi) is 5.09. The van der Waals surface area contributed by atoms with Gasteiger partial charge in [0.05, 0.1) is 11.8 Å². The zero-order valence-corrected chi connectivity index (χ0v) is 11.9. The summed E-state index contributed by atoms with van der Waals surface area (Å²) < 4.78 is 26.8. The van der Waals surface area contributed by atoms with Gasteiger partial charge in [0.1, 0.15) is 11.6 Å². The molecule has 0 unspecified atom stereocenters. The second-order valence-corrected chi connectivity index (χ2v) is 5.77. The molecule has 0 heterocycles. The van der Waals surface area contributed by atoms with Gasteiger partial charge in [-0.2, -0.15) is 5.26 Å². The van der Waals surface area contributed by atoms with Crippen molar-refractivity contribution >= 4 is 21.6 Å². The molecule has 0 amide bonds. The lowest BCUT2D eigenvalue weighted by Crippen LogP contribution is -2.23. The average molecular weight is 317 g/mol. The summed E-state index contributed by atoms with van der Waals surface area (Å²) >= 11 is 3.12. The van der Waals surface area contributed by atoms with E-state index in [0.29, 0.717) is 17.4 Å². The third-order valence-electron chi connectivity index (χ3n) is 2.66. The number of halogens is 3. The molecule has 1 aromatic carbocycles. The molecule has 98 valence electrons. The van der Waals surface area contributed by atoms with Crippen molar-refractivity contribution in [3.63, 3.8) is 0 Å². The Bertz CT molecular complexity index is 444. The number of nitriles is 1. The zero-order valence-electron chi connectivity index (χ0n) is 10.4. The van der Waals surface area contributed by atoms with E-state index in [1.54, 1.807) is 0 Å². The summed E-state index contributed by atoms with van der Waals surface area (Å²) in [4.78, 5) is 0. The molecule has 1 rings (SSSR count). The van der Waals surface area contributed by atoms with Gasteiger partial charge < -0.3 is 5.32 Å². The van der Waals surface area contributed by atoms with Crippen LogP contribution in [-0.2, 0) is 0 Å². The van der Waals surface area contributed by atoms with E-state index in [2.05, 4.69) is 27.3 Å². The fourth-order valence-corrected chi connectivity index (χ4v) is 2.07. The Balaban J connectivity index is 2.72. The van der Waals surface area contributed by atoms with E-state index in [9.17, 15) is 8.78 Å². The van der Waals surface area contributed by atoms with Gasteiger partial charge in [-0.3, -0.25) is 0 Å². The van der Waals surface area contributed by atoms with Gasteiger partial charge in [-0.25, -0.2) is 8.78 Å². The summed E-state index contributed by atoms with van der Waals surface area (Å²) in [6.45, 7) is 4.50. The van der Waals surface area contributed by atoms with E-state index >= 15 is 0 Å². The standard InChI is InChI=1S/C13H15BrF2N2/c1-13(2,4-3-5-17)8-18-12-10(14)6-9(15)7-11(12)16/h6-7,18H,3-4,8H2,1-2H3. The lowest BCUT2D eigenvalue weighted by molar-refractivity contribution is 0.363. The minimum Gasteiger partial charge on any atom is -0.381 e. The molecule has 5 heteroatoms. The van der Waals surface area contributed by atoms with Crippen molar-refractivity contribution in [3.05, 3.63) is 28.2 Å². The first kappa shape index (κ1) is 14.9. The average Bonchev–Trinajstić information content (AvgIpc) is 2.24. The number of nitrogens with one attached hydrogen (secondary N) is 1. The highest BCUT2D eigenvalue weighted by Gasteiger charge is 2.19. The van der Waals surface area contributed by atoms with Crippen molar-refractivity contribution in [1.82, 2.24) is 0 Å². The minimum absolute atomic E-state index is 0.129. The summed E-state index contributed by atoms with van der Waals surface area (Å²) in [6, 6.07) is 4.15. The maximum atomic E-state index is 13.6. The van der Waals surface area contributed by atoms with Crippen molar-refractivity contribution in [2.24, 2.45) is 5.41 Å². The molecule has 0 bridgehead atoms. The molecular weight excluding hydrogens is 302 g/mol. The molecule has 0 saturated heterocycles. The first-order valence-corrected chi connectivity index (χ1v) is 6.40. The van der Waals surface area contributed by atoms with Gasteiger partial charge in [-0.1, -0.05) is 13.8 Å². The number of benzene rings is 1. The maximum Gasteiger partial charge on any atom is 0.150 e. The molecule has 0 aliphatic heterocycles. The van der Waals surface area contributed by atoms with Crippen LogP contribution in [0.1, 0.15) is 26.7 Å². The normalized spacial score (nSPS) is 11.1. The van der Waals surface area contributed by atoms with Crippen LogP contribution in [0.3, 0.4) is 0 Å². The molecule has 2 nitrogen and oxygen atoms in total. The van der Waals surface area contributed by atoms with E-state index in [0.717, 1.165) is 12.5 Å². The SMILES string of the molecule is CC(C)(CCC#N)CNc1c(F)cc(F)cc1Br. The van der Waals surface area contributed by atoms with Gasteiger partial charge >= 0.3 is 0 Å². The van der Waals surface area contributed by atoms with E-state index < -0.39 is 11.6 Å². The Labute approximate surface area is 114 Å². The van der Waals surface area contributed by atoms with Gasteiger partial charge in [-0.15, -0.1) is 0 Å². The van der Waals surface area contributed by atoms with Crippen LogP contribution in [0.25, 0.3) is 0 Å². The summed E-state index contributed by atoms with van der Waals surface area (Å²) in [5.41, 5.74) is 0.122. The summed E-state index contributed by atoms with van der Waals surface area (Å²) in [5.74, 6) is -1.24. The largest absolute Gasteiger partial charge is 0.381 e. The van der Waals surface area contributed by atoms with Crippen LogP contribution in [-0.4, -0.2) is 6.54 Å². The van der Waals surface area contributed by atoms with Gasteiger partial charge in [0, 0.05) is 23.5 Å². The highest BCUT2D eigenvalue weighted by atomic mass is 79.9. The molecule has 0 atom stereocenters. The lowest BCUT2D eigenvalue weighted by Gasteiger charge is -2.25. The van der Waals surface area contributed by atoms with E-state index in [1.165, 1.54) is 6.07 Å². The van der Waals surface area contributed by atoms with Crippen molar-refractivity contribution in [1.29, 1.82) is 5.26 Å². The summed E-state index contributed by atoms with van der Waals surface area (Å²) in [5, 5.41) is 11.5. The van der Waals surface area contributed by atoms with Crippen LogP contribution in [0.15, 0.2) is 16.6 Å². The van der Waals surface area contributed by atoms with Gasteiger partial charge in [-0.05, 0) is 33.8 Å². The minimum atomic E-state index is -0.627. The molecule has 1 aromatic rings. The van der Waals surface area contributed by atoms with Crippen LogP contribution in [0.5, 0.6) is 0 Å². The predicted octanol–water partition coefficient (Wildman–Crippen LogP) is 4.47. The van der Waals surface area contributed by atoms with Crippen LogP contribution >= 0.6 is 15.9 Å². The number of rotatable bonds is 5. The molecule has 0 radical (unpaired) electrons. The number of hydrogen-bond donors (Lipinski definition) is 1. The van der Waals surface area contributed by atoms with Crippen molar-refractivity contribution in [2.45, 2.75) is 26.7 Å². The fourth-order valence-electron chi connectivity index (χ4n) is 1.52. The number of nitrogens with zero attached hydrogens (tertiary/aromatic N) is 1. The molecule has 0 saturated carbocycles. The van der Waals surface area contributed by atoms with Crippen LogP contribution < -0.4 is 5.32 Å². The zero-order chi connectivity index (χ0) is 13.8. The Morgan fingerprint density at radius 1 is 1.39 bits per heavy atom. The van der Waals surface area contributed by atoms with Crippen molar-refractivity contribution in [2.75, 3.05) is 11.9 Å². The Morgan fingerprint density at radius 3 is 2.61 bits per heavy atom. The molecule has 0 fully saturated rings. The fraction of sp³-hybridized carbons (Fsp3) is 0.462. The maximum absolute atomic E-state index is 13.6. The molecule has 18 heavy (non-hydrogen) atoms. The first-order chi connectivity index (χ1) is 8.35. The molecular formula is C13H15BrF2N2. The molecule has 1 N–H and O–H groups in total. The molecule has 0 aliphatic rings. The Hall–Kier alpha value is -1.15. The molecule has 0 aliphatic carbocycles. The smallest absolute Gasteiger partial charge is 0.150 e. The van der Waals surface area contributed by atoms with Gasteiger partial charge in [0.15, 0.2) is 0 Å². The van der Waals surface area contributed by atoms with Gasteiger partial charge in [0.2, 0.25) is 0 Å². The topological polar surface area (TPSA) is 35.8 Å². The number of anilines is 1. The van der Waals surface area contributed by atoms with Crippen molar-refractivity contribution < 1.29 is 8.78 Å². The monoisotopic (exact) mass is 316 g/mol. The third kappa shape index (κ3) is 4.26. The Morgan fingerprint density at radius 2 is 2.06 bits per heavy atom. The third-order valence-corrected chi connectivity index (χ3v) is 3.29.